The van der Waals surface area contributed by atoms with Crippen LogP contribution in [0.3, 0.4) is 0 Å². The highest BCUT2D eigenvalue weighted by molar-refractivity contribution is 7.86. The summed E-state index contributed by atoms with van der Waals surface area (Å²) in [6.07, 6.45) is 0. The van der Waals surface area contributed by atoms with E-state index in [0.29, 0.717) is 10.6 Å². The van der Waals surface area contributed by atoms with Gasteiger partial charge in [0.25, 0.3) is 0 Å². The van der Waals surface area contributed by atoms with Crippen molar-refractivity contribution in [1.82, 2.24) is 5.32 Å². The van der Waals surface area contributed by atoms with Gasteiger partial charge in [-0.1, -0.05) is 0 Å². The number of hydrogen-bond donors (Lipinski definition) is 2. The molecule has 0 fully saturated rings. The van der Waals surface area contributed by atoms with Gasteiger partial charge in [0.2, 0.25) is 5.91 Å². The first-order valence-corrected chi connectivity index (χ1v) is 7.11. The zero-order valence-electron chi connectivity index (χ0n) is 11.2. The van der Waals surface area contributed by atoms with E-state index in [1.807, 2.05) is 20.8 Å². The highest BCUT2D eigenvalue weighted by atomic mass is 32.2. The standard InChI is InChI=1S/C13H20N2O2S/c1-8(2)15-13(16)10(4)18(17)12-6-5-11(14)7-9(12)3/h5-8,10H,14H2,1-4H3,(H,15,16). The van der Waals surface area contributed by atoms with E-state index in [0.717, 1.165) is 5.56 Å². The summed E-state index contributed by atoms with van der Waals surface area (Å²) < 4.78 is 12.3. The van der Waals surface area contributed by atoms with Gasteiger partial charge in [0.15, 0.2) is 0 Å². The van der Waals surface area contributed by atoms with Gasteiger partial charge in [-0.3, -0.25) is 9.00 Å². The fourth-order valence-corrected chi connectivity index (χ4v) is 2.81. The van der Waals surface area contributed by atoms with Gasteiger partial charge >= 0.3 is 0 Å². The molecule has 100 valence electrons. The second kappa shape index (κ2) is 6.00. The van der Waals surface area contributed by atoms with Crippen molar-refractivity contribution in [2.75, 3.05) is 5.73 Å². The van der Waals surface area contributed by atoms with E-state index in [-0.39, 0.29) is 11.9 Å². The molecule has 0 aliphatic rings. The number of amides is 1. The van der Waals surface area contributed by atoms with E-state index >= 15 is 0 Å². The molecule has 5 heteroatoms. The third kappa shape index (κ3) is 3.57. The molecule has 0 spiro atoms. The normalized spacial score (nSPS) is 14.3. The SMILES string of the molecule is Cc1cc(N)ccc1S(=O)C(C)C(=O)NC(C)C. The molecule has 3 N–H and O–H groups in total. The lowest BCUT2D eigenvalue weighted by molar-refractivity contribution is -0.120. The number of nitrogens with two attached hydrogens (primary N) is 1. The molecule has 0 aromatic heterocycles. The van der Waals surface area contributed by atoms with Crippen molar-refractivity contribution in [3.8, 4) is 0 Å². The third-order valence-corrected chi connectivity index (χ3v) is 4.28. The molecule has 0 saturated heterocycles. The average Bonchev–Trinajstić information content (AvgIpc) is 2.26. The van der Waals surface area contributed by atoms with Crippen molar-refractivity contribution in [1.29, 1.82) is 0 Å². The lowest BCUT2D eigenvalue weighted by Crippen LogP contribution is -2.39. The summed E-state index contributed by atoms with van der Waals surface area (Å²) in [6.45, 7) is 7.27. The zero-order valence-corrected chi connectivity index (χ0v) is 12.0. The smallest absolute Gasteiger partial charge is 0.236 e. The Morgan fingerprint density at radius 2 is 1.94 bits per heavy atom. The van der Waals surface area contributed by atoms with E-state index in [2.05, 4.69) is 5.32 Å². The second-order valence-corrected chi connectivity index (χ2v) is 6.37. The highest BCUT2D eigenvalue weighted by Crippen LogP contribution is 2.19. The van der Waals surface area contributed by atoms with Crippen LogP contribution < -0.4 is 11.1 Å². The predicted octanol–water partition coefficient (Wildman–Crippen LogP) is 1.60. The third-order valence-electron chi connectivity index (χ3n) is 2.54. The Kier molecular flexibility index (Phi) is 4.90. The lowest BCUT2D eigenvalue weighted by Gasteiger charge is -2.15. The summed E-state index contributed by atoms with van der Waals surface area (Å²) in [5.74, 6) is -0.195. The van der Waals surface area contributed by atoms with Gasteiger partial charge in [-0.2, -0.15) is 0 Å². The first-order valence-electron chi connectivity index (χ1n) is 5.90. The number of benzene rings is 1. The Bertz CT molecular complexity index is 472. The minimum atomic E-state index is -1.36. The average molecular weight is 268 g/mol. The summed E-state index contributed by atoms with van der Waals surface area (Å²) in [7, 11) is -1.36. The van der Waals surface area contributed by atoms with Gasteiger partial charge < -0.3 is 11.1 Å². The number of nitrogens with one attached hydrogen (secondary N) is 1. The Hall–Kier alpha value is -1.36. The molecule has 0 aliphatic heterocycles. The molecule has 1 aromatic rings. The van der Waals surface area contributed by atoms with Crippen LogP contribution in [-0.2, 0) is 15.6 Å². The molecule has 1 aromatic carbocycles. The largest absolute Gasteiger partial charge is 0.399 e. The molecular formula is C13H20N2O2S. The minimum Gasteiger partial charge on any atom is -0.399 e. The van der Waals surface area contributed by atoms with Gasteiger partial charge in [0.05, 0.1) is 10.8 Å². The summed E-state index contributed by atoms with van der Waals surface area (Å²) >= 11 is 0. The first kappa shape index (κ1) is 14.7. The van der Waals surface area contributed by atoms with Crippen molar-refractivity contribution < 1.29 is 9.00 Å². The Labute approximate surface area is 110 Å². The number of hydrogen-bond acceptors (Lipinski definition) is 3. The molecular weight excluding hydrogens is 248 g/mol. The maximum absolute atomic E-state index is 12.3. The molecule has 0 radical (unpaired) electrons. The summed E-state index contributed by atoms with van der Waals surface area (Å²) in [5.41, 5.74) is 7.13. The summed E-state index contributed by atoms with van der Waals surface area (Å²) in [5, 5.41) is 2.19. The van der Waals surface area contributed by atoms with Crippen molar-refractivity contribution in [3.05, 3.63) is 23.8 Å². The summed E-state index contributed by atoms with van der Waals surface area (Å²) in [4.78, 5) is 12.5. The topological polar surface area (TPSA) is 72.2 Å². The maximum Gasteiger partial charge on any atom is 0.236 e. The fraction of sp³-hybridized carbons (Fsp3) is 0.462. The van der Waals surface area contributed by atoms with Gasteiger partial charge in [0.1, 0.15) is 5.25 Å². The maximum atomic E-state index is 12.3. The molecule has 18 heavy (non-hydrogen) atoms. The molecule has 1 rings (SSSR count). The Morgan fingerprint density at radius 3 is 2.44 bits per heavy atom. The van der Waals surface area contributed by atoms with Crippen LogP contribution in [-0.4, -0.2) is 21.4 Å². The van der Waals surface area contributed by atoms with Crippen LogP contribution in [0.15, 0.2) is 23.1 Å². The molecule has 0 heterocycles. The second-order valence-electron chi connectivity index (χ2n) is 4.63. The Balaban J connectivity index is 2.90. The van der Waals surface area contributed by atoms with Crippen LogP contribution in [0.2, 0.25) is 0 Å². The van der Waals surface area contributed by atoms with Crippen molar-refractivity contribution in [2.45, 2.75) is 43.9 Å². The van der Waals surface area contributed by atoms with Gasteiger partial charge in [-0.25, -0.2) is 0 Å². The molecule has 0 bridgehead atoms. The van der Waals surface area contributed by atoms with E-state index in [1.165, 1.54) is 0 Å². The van der Waals surface area contributed by atoms with Gasteiger partial charge in [-0.05, 0) is 51.5 Å². The quantitative estimate of drug-likeness (QED) is 0.815. The molecule has 0 aliphatic carbocycles. The Morgan fingerprint density at radius 1 is 1.33 bits per heavy atom. The monoisotopic (exact) mass is 268 g/mol. The lowest BCUT2D eigenvalue weighted by atomic mass is 10.2. The van der Waals surface area contributed by atoms with Crippen LogP contribution in [0.5, 0.6) is 0 Å². The zero-order chi connectivity index (χ0) is 13.9. The first-order chi connectivity index (χ1) is 8.32. The fourth-order valence-electron chi connectivity index (χ4n) is 1.59. The molecule has 4 nitrogen and oxygen atoms in total. The van der Waals surface area contributed by atoms with Crippen molar-refractivity contribution >= 4 is 22.4 Å². The van der Waals surface area contributed by atoms with Crippen molar-refractivity contribution in [2.24, 2.45) is 0 Å². The number of carbonyl (C=O) groups is 1. The molecule has 1 amide bonds. The number of anilines is 1. The minimum absolute atomic E-state index is 0.0458. The number of aryl methyl sites for hydroxylation is 1. The van der Waals surface area contributed by atoms with Crippen molar-refractivity contribution in [3.63, 3.8) is 0 Å². The van der Waals surface area contributed by atoms with Crippen LogP contribution in [0.1, 0.15) is 26.3 Å². The molecule has 0 saturated carbocycles. The van der Waals surface area contributed by atoms with E-state index < -0.39 is 16.0 Å². The van der Waals surface area contributed by atoms with Gasteiger partial charge in [-0.15, -0.1) is 0 Å². The molecule has 2 unspecified atom stereocenters. The van der Waals surface area contributed by atoms with Crippen LogP contribution in [0, 0.1) is 6.92 Å². The van der Waals surface area contributed by atoms with E-state index in [9.17, 15) is 9.00 Å². The highest BCUT2D eigenvalue weighted by Gasteiger charge is 2.22. The van der Waals surface area contributed by atoms with Crippen LogP contribution in [0.4, 0.5) is 5.69 Å². The predicted molar refractivity (Wildman–Crippen MR) is 74.7 cm³/mol. The van der Waals surface area contributed by atoms with Crippen LogP contribution in [0.25, 0.3) is 0 Å². The summed E-state index contributed by atoms with van der Waals surface area (Å²) in [6, 6.07) is 5.23. The van der Waals surface area contributed by atoms with E-state index in [4.69, 9.17) is 5.73 Å². The van der Waals surface area contributed by atoms with Crippen LogP contribution >= 0.6 is 0 Å². The molecule has 2 atom stereocenters. The number of carbonyl (C=O) groups excluding carboxylic acids is 1. The number of nitrogen functional groups attached to an aromatic ring is 1. The van der Waals surface area contributed by atoms with E-state index in [1.54, 1.807) is 25.1 Å². The van der Waals surface area contributed by atoms with Gasteiger partial charge in [0, 0.05) is 16.6 Å². The number of rotatable bonds is 4.